The van der Waals surface area contributed by atoms with Gasteiger partial charge in [0.15, 0.2) is 0 Å². The van der Waals surface area contributed by atoms with Crippen LogP contribution in [0.1, 0.15) is 17.2 Å². The number of fused-ring (bicyclic) bond motifs is 1. The molecule has 1 unspecified atom stereocenters. The summed E-state index contributed by atoms with van der Waals surface area (Å²) in [7, 11) is 0. The molecule has 2 heterocycles. The number of aromatic nitrogens is 3. The van der Waals surface area contributed by atoms with Crippen LogP contribution in [-0.4, -0.2) is 14.8 Å². The molecule has 0 saturated heterocycles. The van der Waals surface area contributed by atoms with Crippen LogP contribution in [0.25, 0.3) is 5.70 Å². The van der Waals surface area contributed by atoms with Gasteiger partial charge in [-0.25, -0.2) is 9.07 Å². The monoisotopic (exact) mass is 360 g/mol. The third-order valence-electron chi connectivity index (χ3n) is 3.86. The second-order valence-corrected chi connectivity index (χ2v) is 6.16. The molecule has 0 fully saturated rings. The minimum Gasteiger partial charge on any atom is -0.324 e. The van der Waals surface area contributed by atoms with Gasteiger partial charge in [0.1, 0.15) is 18.2 Å². The second-order valence-electron chi connectivity index (χ2n) is 5.32. The van der Waals surface area contributed by atoms with E-state index in [9.17, 15) is 4.39 Å². The van der Waals surface area contributed by atoms with Crippen LogP contribution in [-0.2, 0) is 0 Å². The van der Waals surface area contributed by atoms with Crippen LogP contribution in [0.2, 0.25) is 10.0 Å². The number of benzene rings is 2. The summed E-state index contributed by atoms with van der Waals surface area (Å²) in [5, 5.41) is 8.37. The maximum atomic E-state index is 14.4. The van der Waals surface area contributed by atoms with E-state index in [4.69, 9.17) is 23.2 Å². The Labute approximate surface area is 147 Å². The highest BCUT2D eigenvalue weighted by Gasteiger charge is 2.27. The van der Waals surface area contributed by atoms with Gasteiger partial charge in [0.05, 0.1) is 0 Å². The molecule has 2 aromatic carbocycles. The smallest absolute Gasteiger partial charge is 0.226 e. The summed E-state index contributed by atoms with van der Waals surface area (Å²) in [5.41, 5.74) is 2.06. The average Bonchev–Trinajstić information content (AvgIpc) is 3.04. The fourth-order valence-electron chi connectivity index (χ4n) is 2.73. The van der Waals surface area contributed by atoms with E-state index in [1.807, 2.05) is 18.2 Å². The van der Waals surface area contributed by atoms with E-state index in [2.05, 4.69) is 15.4 Å². The Morgan fingerprint density at radius 1 is 1.08 bits per heavy atom. The third kappa shape index (κ3) is 2.56. The normalized spacial score (nSPS) is 16.3. The molecule has 0 bridgehead atoms. The Morgan fingerprint density at radius 2 is 1.88 bits per heavy atom. The van der Waals surface area contributed by atoms with Crippen LogP contribution in [0.3, 0.4) is 0 Å². The van der Waals surface area contributed by atoms with Gasteiger partial charge >= 0.3 is 0 Å². The van der Waals surface area contributed by atoms with Gasteiger partial charge in [-0.2, -0.15) is 10.1 Å². The molecule has 1 N–H and O–H groups in total. The molecular formula is C17H11Cl2FN4. The Hall–Kier alpha value is -2.37. The first-order chi connectivity index (χ1) is 11.6. The maximum absolute atomic E-state index is 14.4. The van der Waals surface area contributed by atoms with Gasteiger partial charge in [-0.1, -0.05) is 41.4 Å². The van der Waals surface area contributed by atoms with E-state index in [1.54, 1.807) is 28.9 Å². The molecular weight excluding hydrogens is 350 g/mol. The van der Waals surface area contributed by atoms with Gasteiger partial charge in [-0.05, 0) is 35.9 Å². The van der Waals surface area contributed by atoms with Crippen LogP contribution in [0.15, 0.2) is 54.9 Å². The predicted molar refractivity (Wildman–Crippen MR) is 92.6 cm³/mol. The zero-order chi connectivity index (χ0) is 16.7. The van der Waals surface area contributed by atoms with Crippen molar-refractivity contribution in [1.29, 1.82) is 0 Å². The van der Waals surface area contributed by atoms with Crippen LogP contribution in [0, 0.1) is 5.82 Å². The molecule has 120 valence electrons. The zero-order valence-corrected chi connectivity index (χ0v) is 13.8. The number of nitrogens with zero attached hydrogens (tertiary/aromatic N) is 3. The fraction of sp³-hybridized carbons (Fsp3) is 0.0588. The van der Waals surface area contributed by atoms with Crippen LogP contribution in [0.5, 0.6) is 0 Å². The molecule has 4 rings (SSSR count). The van der Waals surface area contributed by atoms with Crippen LogP contribution >= 0.6 is 23.2 Å². The Morgan fingerprint density at radius 3 is 2.62 bits per heavy atom. The molecule has 3 aromatic rings. The lowest BCUT2D eigenvalue weighted by molar-refractivity contribution is 0.551. The Bertz CT molecular complexity index is 914. The number of anilines is 1. The van der Waals surface area contributed by atoms with Crippen molar-refractivity contribution in [2.24, 2.45) is 0 Å². The van der Waals surface area contributed by atoms with Crippen molar-refractivity contribution in [2.45, 2.75) is 6.04 Å². The molecule has 24 heavy (non-hydrogen) atoms. The molecule has 7 heteroatoms. The summed E-state index contributed by atoms with van der Waals surface area (Å²) in [6, 6.07) is 11.5. The summed E-state index contributed by atoms with van der Waals surface area (Å²) in [4.78, 5) is 4.19. The van der Waals surface area contributed by atoms with Crippen molar-refractivity contribution < 1.29 is 4.39 Å². The molecule has 0 amide bonds. The standard InChI is InChI=1S/C17H11Cl2FN4/c18-11-6-4-10(5-7-11)14-8-15(24-17(23-14)21-9-22-24)16-12(19)2-1-3-13(16)20/h1-9,15H,(H,21,22,23). The quantitative estimate of drug-likeness (QED) is 0.714. The van der Waals surface area contributed by atoms with Crippen molar-refractivity contribution in [3.63, 3.8) is 0 Å². The lowest BCUT2D eigenvalue weighted by Crippen LogP contribution is -2.21. The average molecular weight is 361 g/mol. The van der Waals surface area contributed by atoms with E-state index in [-0.39, 0.29) is 5.82 Å². The highest BCUT2D eigenvalue weighted by Crippen LogP contribution is 2.36. The molecule has 4 nitrogen and oxygen atoms in total. The van der Waals surface area contributed by atoms with Crippen molar-refractivity contribution in [1.82, 2.24) is 14.8 Å². The summed E-state index contributed by atoms with van der Waals surface area (Å²) >= 11 is 12.2. The Kier molecular flexibility index (Phi) is 3.75. The third-order valence-corrected chi connectivity index (χ3v) is 4.44. The second kappa shape index (κ2) is 5.92. The number of halogens is 3. The molecule has 0 aliphatic carbocycles. The summed E-state index contributed by atoms with van der Waals surface area (Å²) < 4.78 is 16.0. The molecule has 0 spiro atoms. The topological polar surface area (TPSA) is 42.7 Å². The number of allylic oxidation sites excluding steroid dienone is 1. The van der Waals surface area contributed by atoms with Crippen molar-refractivity contribution in [2.75, 3.05) is 5.32 Å². The molecule has 1 atom stereocenters. The highest BCUT2D eigenvalue weighted by molar-refractivity contribution is 6.31. The highest BCUT2D eigenvalue weighted by atomic mass is 35.5. The van der Waals surface area contributed by atoms with Crippen molar-refractivity contribution in [3.05, 3.63) is 81.9 Å². The van der Waals surface area contributed by atoms with Crippen molar-refractivity contribution in [3.8, 4) is 0 Å². The van der Waals surface area contributed by atoms with Crippen molar-refractivity contribution >= 4 is 34.8 Å². The van der Waals surface area contributed by atoms with Gasteiger partial charge in [-0.15, -0.1) is 0 Å². The first kappa shape index (κ1) is 15.2. The number of hydrogen-bond acceptors (Lipinski definition) is 3. The maximum Gasteiger partial charge on any atom is 0.226 e. The van der Waals surface area contributed by atoms with E-state index in [0.717, 1.165) is 11.3 Å². The molecule has 1 aliphatic rings. The van der Waals surface area contributed by atoms with Gasteiger partial charge in [-0.3, -0.25) is 0 Å². The van der Waals surface area contributed by atoms with E-state index >= 15 is 0 Å². The zero-order valence-electron chi connectivity index (χ0n) is 12.2. The van der Waals surface area contributed by atoms with Gasteiger partial charge < -0.3 is 5.32 Å². The lowest BCUT2D eigenvalue weighted by atomic mass is 10.0. The molecule has 0 saturated carbocycles. The van der Waals surface area contributed by atoms with Crippen LogP contribution < -0.4 is 5.32 Å². The summed E-state index contributed by atoms with van der Waals surface area (Å²) in [5.74, 6) is 0.134. The molecule has 0 radical (unpaired) electrons. The lowest BCUT2D eigenvalue weighted by Gasteiger charge is -2.25. The predicted octanol–water partition coefficient (Wildman–Crippen LogP) is 4.78. The first-order valence-electron chi connectivity index (χ1n) is 7.21. The van der Waals surface area contributed by atoms with E-state index < -0.39 is 6.04 Å². The van der Waals surface area contributed by atoms with Gasteiger partial charge in [0.2, 0.25) is 5.95 Å². The minimum absolute atomic E-state index is 0.343. The summed E-state index contributed by atoms with van der Waals surface area (Å²) in [6.45, 7) is 0. The minimum atomic E-state index is -0.497. The van der Waals surface area contributed by atoms with Crippen LogP contribution in [0.4, 0.5) is 10.3 Å². The SMILES string of the molecule is Fc1cccc(Cl)c1C1C=C(c2ccc(Cl)cc2)Nc2ncnn21. The molecule has 1 aromatic heterocycles. The largest absolute Gasteiger partial charge is 0.324 e. The van der Waals surface area contributed by atoms with E-state index in [0.29, 0.717) is 21.6 Å². The number of rotatable bonds is 2. The van der Waals surface area contributed by atoms with Gasteiger partial charge in [0.25, 0.3) is 0 Å². The summed E-state index contributed by atoms with van der Waals surface area (Å²) in [6.07, 6.45) is 3.29. The van der Waals surface area contributed by atoms with Gasteiger partial charge in [0, 0.05) is 21.3 Å². The Balaban J connectivity index is 1.87. The molecule has 1 aliphatic heterocycles. The number of nitrogens with one attached hydrogen (secondary N) is 1. The number of hydrogen-bond donors (Lipinski definition) is 1. The fourth-order valence-corrected chi connectivity index (χ4v) is 3.13. The first-order valence-corrected chi connectivity index (χ1v) is 7.97. The van der Waals surface area contributed by atoms with E-state index in [1.165, 1.54) is 12.4 Å².